The Morgan fingerprint density at radius 3 is 2.92 bits per heavy atom. The number of anilines is 1. The number of carbonyl (C=O) groups is 1. The topological polar surface area (TPSA) is 72.7 Å². The summed E-state index contributed by atoms with van der Waals surface area (Å²) in [7, 11) is 0. The zero-order valence-corrected chi connectivity index (χ0v) is 13.4. The van der Waals surface area contributed by atoms with Gasteiger partial charge in [-0.3, -0.25) is 4.79 Å². The van der Waals surface area contributed by atoms with Crippen molar-refractivity contribution in [1.82, 2.24) is 19.7 Å². The number of pyridine rings is 1. The molecule has 0 aliphatic carbocycles. The van der Waals surface area contributed by atoms with E-state index in [-0.39, 0.29) is 18.1 Å². The Morgan fingerprint density at radius 1 is 1.25 bits per heavy atom. The van der Waals surface area contributed by atoms with Gasteiger partial charge in [-0.1, -0.05) is 12.1 Å². The van der Waals surface area contributed by atoms with Gasteiger partial charge in [0.25, 0.3) is 0 Å². The number of hydrogen-bond donors (Lipinski definition) is 1. The number of nitrogens with one attached hydrogen (secondary N) is 1. The number of benzene rings is 1. The first-order valence-electron chi connectivity index (χ1n) is 7.21. The lowest BCUT2D eigenvalue weighted by molar-refractivity contribution is -0.115. The molecule has 0 fully saturated rings. The molecule has 0 saturated heterocycles. The van der Waals surface area contributed by atoms with Crippen LogP contribution in [0, 0.1) is 5.82 Å². The lowest BCUT2D eigenvalue weighted by Crippen LogP contribution is -2.15. The van der Waals surface area contributed by atoms with Gasteiger partial charge < -0.3 is 5.32 Å². The molecule has 0 bridgehead atoms. The molecule has 0 aliphatic heterocycles. The molecule has 0 saturated carbocycles. The SMILES string of the molecule is O=C(CCSc1ccccc1F)Nc1cccnc1-n1cncn1. The van der Waals surface area contributed by atoms with Crippen LogP contribution in [0.25, 0.3) is 5.82 Å². The van der Waals surface area contributed by atoms with Crippen molar-refractivity contribution < 1.29 is 9.18 Å². The Balaban J connectivity index is 1.59. The molecule has 8 heteroatoms. The summed E-state index contributed by atoms with van der Waals surface area (Å²) in [5.74, 6) is 0.521. The molecule has 122 valence electrons. The van der Waals surface area contributed by atoms with E-state index in [1.54, 1.807) is 36.5 Å². The van der Waals surface area contributed by atoms with E-state index in [2.05, 4.69) is 20.4 Å². The third kappa shape index (κ3) is 3.96. The Bertz CT molecular complexity index is 825. The summed E-state index contributed by atoms with van der Waals surface area (Å²) in [6.45, 7) is 0. The van der Waals surface area contributed by atoms with Gasteiger partial charge in [-0.15, -0.1) is 11.8 Å². The maximum Gasteiger partial charge on any atom is 0.225 e. The fourth-order valence-corrected chi connectivity index (χ4v) is 2.91. The Kier molecular flexibility index (Phi) is 5.17. The fourth-order valence-electron chi connectivity index (χ4n) is 2.02. The highest BCUT2D eigenvalue weighted by Crippen LogP contribution is 2.22. The number of nitrogens with zero attached hydrogens (tertiary/aromatic N) is 4. The van der Waals surface area contributed by atoms with E-state index in [9.17, 15) is 9.18 Å². The second-order valence-electron chi connectivity index (χ2n) is 4.79. The predicted molar refractivity (Wildman–Crippen MR) is 89.5 cm³/mol. The number of rotatable bonds is 6. The molecule has 3 rings (SSSR count). The summed E-state index contributed by atoms with van der Waals surface area (Å²) >= 11 is 1.31. The zero-order chi connectivity index (χ0) is 16.8. The quantitative estimate of drug-likeness (QED) is 0.697. The van der Waals surface area contributed by atoms with Gasteiger partial charge in [0, 0.05) is 23.3 Å². The van der Waals surface area contributed by atoms with E-state index in [1.165, 1.54) is 35.2 Å². The van der Waals surface area contributed by atoms with Gasteiger partial charge in [0.05, 0.1) is 5.69 Å². The monoisotopic (exact) mass is 343 g/mol. The fraction of sp³-hybridized carbons (Fsp3) is 0.125. The summed E-state index contributed by atoms with van der Waals surface area (Å²) in [5, 5.41) is 6.81. The summed E-state index contributed by atoms with van der Waals surface area (Å²) in [4.78, 5) is 20.7. The number of hydrogen-bond acceptors (Lipinski definition) is 5. The van der Waals surface area contributed by atoms with E-state index in [1.807, 2.05) is 0 Å². The van der Waals surface area contributed by atoms with Crippen LogP contribution < -0.4 is 5.32 Å². The molecule has 6 nitrogen and oxygen atoms in total. The summed E-state index contributed by atoms with van der Waals surface area (Å²) in [6.07, 6.45) is 4.77. The summed E-state index contributed by atoms with van der Waals surface area (Å²) in [6, 6.07) is 9.98. The molecule has 0 unspecified atom stereocenters. The highest BCUT2D eigenvalue weighted by molar-refractivity contribution is 7.99. The van der Waals surface area contributed by atoms with Crippen LogP contribution in [0.5, 0.6) is 0 Å². The minimum Gasteiger partial charge on any atom is -0.323 e. The second kappa shape index (κ2) is 7.69. The molecule has 0 radical (unpaired) electrons. The molecule has 0 spiro atoms. The van der Waals surface area contributed by atoms with E-state index >= 15 is 0 Å². The molecule has 0 atom stereocenters. The van der Waals surface area contributed by atoms with Gasteiger partial charge >= 0.3 is 0 Å². The van der Waals surface area contributed by atoms with Crippen molar-refractivity contribution in [3.63, 3.8) is 0 Å². The number of amides is 1. The van der Waals surface area contributed by atoms with Gasteiger partial charge in [0.15, 0.2) is 5.82 Å². The lowest BCUT2D eigenvalue weighted by atomic mass is 10.3. The van der Waals surface area contributed by atoms with E-state index in [4.69, 9.17) is 0 Å². The molecule has 2 heterocycles. The van der Waals surface area contributed by atoms with Crippen LogP contribution in [-0.4, -0.2) is 31.4 Å². The highest BCUT2D eigenvalue weighted by atomic mass is 32.2. The van der Waals surface area contributed by atoms with Crippen molar-refractivity contribution >= 4 is 23.4 Å². The smallest absolute Gasteiger partial charge is 0.225 e. The van der Waals surface area contributed by atoms with Gasteiger partial charge in [-0.25, -0.2) is 19.0 Å². The number of halogens is 1. The van der Waals surface area contributed by atoms with Crippen molar-refractivity contribution in [1.29, 1.82) is 0 Å². The second-order valence-corrected chi connectivity index (χ2v) is 5.93. The van der Waals surface area contributed by atoms with Crippen LogP contribution in [0.2, 0.25) is 0 Å². The Labute approximate surface area is 142 Å². The number of thioether (sulfide) groups is 1. The minimum atomic E-state index is -0.274. The van der Waals surface area contributed by atoms with Gasteiger partial charge in [-0.05, 0) is 24.3 Å². The number of aromatic nitrogens is 4. The molecule has 0 aliphatic rings. The molecule has 24 heavy (non-hydrogen) atoms. The van der Waals surface area contributed by atoms with Crippen LogP contribution in [-0.2, 0) is 4.79 Å². The van der Waals surface area contributed by atoms with E-state index in [0.717, 1.165) is 0 Å². The van der Waals surface area contributed by atoms with E-state index < -0.39 is 0 Å². The molecular weight excluding hydrogens is 329 g/mol. The van der Waals surface area contributed by atoms with Crippen molar-refractivity contribution in [2.75, 3.05) is 11.1 Å². The summed E-state index contributed by atoms with van der Waals surface area (Å²) in [5.41, 5.74) is 0.545. The first-order valence-corrected chi connectivity index (χ1v) is 8.20. The van der Waals surface area contributed by atoms with Crippen LogP contribution in [0.1, 0.15) is 6.42 Å². The first kappa shape index (κ1) is 16.1. The maximum absolute atomic E-state index is 13.5. The predicted octanol–water partition coefficient (Wildman–Crippen LogP) is 2.92. The van der Waals surface area contributed by atoms with Crippen molar-refractivity contribution in [3.8, 4) is 5.82 Å². The van der Waals surface area contributed by atoms with Gasteiger partial charge in [0.1, 0.15) is 18.5 Å². The standard InChI is InChI=1S/C16H14FN5OS/c17-12-4-1-2-6-14(12)24-9-7-15(23)21-13-5-3-8-19-16(13)22-11-18-10-20-22/h1-6,8,10-11H,7,9H2,(H,21,23). The van der Waals surface area contributed by atoms with Crippen molar-refractivity contribution in [2.45, 2.75) is 11.3 Å². The van der Waals surface area contributed by atoms with Crippen molar-refractivity contribution in [2.24, 2.45) is 0 Å². The van der Waals surface area contributed by atoms with Crippen LogP contribution in [0.4, 0.5) is 10.1 Å². The average Bonchev–Trinajstić information content (AvgIpc) is 3.11. The van der Waals surface area contributed by atoms with Crippen LogP contribution in [0.3, 0.4) is 0 Å². The van der Waals surface area contributed by atoms with Gasteiger partial charge in [-0.2, -0.15) is 5.10 Å². The number of carbonyl (C=O) groups excluding carboxylic acids is 1. The zero-order valence-electron chi connectivity index (χ0n) is 12.6. The van der Waals surface area contributed by atoms with Gasteiger partial charge in [0.2, 0.25) is 5.91 Å². The molecule has 1 amide bonds. The molecule has 2 aromatic heterocycles. The Morgan fingerprint density at radius 2 is 2.12 bits per heavy atom. The lowest BCUT2D eigenvalue weighted by Gasteiger charge is -2.09. The molecular formula is C16H14FN5OS. The highest BCUT2D eigenvalue weighted by Gasteiger charge is 2.10. The molecule has 3 aromatic rings. The minimum absolute atomic E-state index is 0.173. The first-order chi connectivity index (χ1) is 11.7. The normalized spacial score (nSPS) is 10.5. The van der Waals surface area contributed by atoms with E-state index in [0.29, 0.717) is 22.2 Å². The largest absolute Gasteiger partial charge is 0.323 e. The summed E-state index contributed by atoms with van der Waals surface area (Å²) < 4.78 is 15.0. The van der Waals surface area contributed by atoms with Crippen LogP contribution in [0.15, 0.2) is 60.1 Å². The molecule has 1 N–H and O–H groups in total. The van der Waals surface area contributed by atoms with Crippen molar-refractivity contribution in [3.05, 3.63) is 61.1 Å². The third-order valence-electron chi connectivity index (χ3n) is 3.12. The Hall–Kier alpha value is -2.74. The average molecular weight is 343 g/mol. The third-order valence-corrected chi connectivity index (χ3v) is 4.17. The maximum atomic E-state index is 13.5. The molecule has 1 aromatic carbocycles. The van der Waals surface area contributed by atoms with Crippen LogP contribution >= 0.6 is 11.8 Å².